The van der Waals surface area contributed by atoms with E-state index in [-0.39, 0.29) is 36.6 Å². The van der Waals surface area contributed by atoms with Gasteiger partial charge in [0.05, 0.1) is 18.2 Å². The van der Waals surface area contributed by atoms with Gasteiger partial charge in [-0.2, -0.15) is 0 Å². The predicted octanol–water partition coefficient (Wildman–Crippen LogP) is 1.18. The molecule has 1 saturated heterocycles. The minimum absolute atomic E-state index is 0.0541. The Kier molecular flexibility index (Phi) is 7.53. The minimum atomic E-state index is -1.27. The highest BCUT2D eigenvalue weighted by Gasteiger charge is 2.45. The van der Waals surface area contributed by atoms with E-state index in [1.165, 1.54) is 17.2 Å². The van der Waals surface area contributed by atoms with E-state index in [0.29, 0.717) is 23.4 Å². The van der Waals surface area contributed by atoms with Crippen LogP contribution < -0.4 is 5.32 Å². The number of hydrogen-bond acceptors (Lipinski definition) is 11. The first-order valence-corrected chi connectivity index (χ1v) is 12.0. The minimum Gasteiger partial charge on any atom is -0.463 e. The molecule has 2 aromatic rings. The zero-order chi connectivity index (χ0) is 25.3. The molecule has 1 aliphatic heterocycles. The Morgan fingerprint density at radius 1 is 1.11 bits per heavy atom. The van der Waals surface area contributed by atoms with Gasteiger partial charge in [0.1, 0.15) is 37.4 Å². The van der Waals surface area contributed by atoms with Crippen LogP contribution in [-0.4, -0.2) is 78.7 Å². The molecule has 1 saturated carbocycles. The third-order valence-corrected chi connectivity index (χ3v) is 6.31. The van der Waals surface area contributed by atoms with Crippen molar-refractivity contribution in [3.8, 4) is 0 Å². The third-order valence-electron chi connectivity index (χ3n) is 6.31. The average molecular weight is 492 g/mol. The van der Waals surface area contributed by atoms with E-state index in [2.05, 4.69) is 20.3 Å². The maximum atomic E-state index is 11.9. The van der Waals surface area contributed by atoms with Gasteiger partial charge in [-0.25, -0.2) is 15.0 Å². The molecular formula is C23H33N5O7. The number of carbonyl (C=O) groups is 2. The summed E-state index contributed by atoms with van der Waals surface area (Å²) in [4.78, 5) is 36.7. The van der Waals surface area contributed by atoms with Crippen LogP contribution in [-0.2, 0) is 23.8 Å². The highest BCUT2D eigenvalue weighted by molar-refractivity contribution is 5.83. The second kappa shape index (κ2) is 10.4. The van der Waals surface area contributed by atoms with Gasteiger partial charge < -0.3 is 29.7 Å². The molecule has 3 N–H and O–H groups in total. The predicted molar refractivity (Wildman–Crippen MR) is 123 cm³/mol. The summed E-state index contributed by atoms with van der Waals surface area (Å²) in [6, 6.07) is 0.0541. The molecule has 12 nitrogen and oxygen atoms in total. The fourth-order valence-electron chi connectivity index (χ4n) is 4.24. The highest BCUT2D eigenvalue weighted by Crippen LogP contribution is 2.33. The van der Waals surface area contributed by atoms with E-state index in [1.807, 2.05) is 13.8 Å². The van der Waals surface area contributed by atoms with Crippen LogP contribution in [0.5, 0.6) is 0 Å². The molecular weight excluding hydrogens is 458 g/mol. The Balaban J connectivity index is 1.44. The van der Waals surface area contributed by atoms with E-state index in [4.69, 9.17) is 14.2 Å². The molecule has 0 spiro atoms. The first-order valence-electron chi connectivity index (χ1n) is 12.0. The van der Waals surface area contributed by atoms with Gasteiger partial charge >= 0.3 is 11.9 Å². The monoisotopic (exact) mass is 491 g/mol. The largest absolute Gasteiger partial charge is 0.463 e. The van der Waals surface area contributed by atoms with Crippen LogP contribution in [0.1, 0.15) is 53.2 Å². The van der Waals surface area contributed by atoms with Crippen molar-refractivity contribution in [1.82, 2.24) is 19.5 Å². The molecule has 0 aromatic carbocycles. The number of ether oxygens (including phenoxy) is 3. The number of imidazole rings is 1. The molecule has 3 unspecified atom stereocenters. The first kappa shape index (κ1) is 25.3. The zero-order valence-corrected chi connectivity index (χ0v) is 20.3. The Morgan fingerprint density at radius 3 is 2.57 bits per heavy atom. The van der Waals surface area contributed by atoms with Gasteiger partial charge in [0, 0.05) is 12.5 Å². The van der Waals surface area contributed by atoms with Crippen molar-refractivity contribution < 1.29 is 34.0 Å². The van der Waals surface area contributed by atoms with Gasteiger partial charge in [0.15, 0.2) is 23.2 Å². The van der Waals surface area contributed by atoms with Crippen LogP contribution >= 0.6 is 0 Å². The van der Waals surface area contributed by atoms with Gasteiger partial charge in [0.25, 0.3) is 0 Å². The lowest BCUT2D eigenvalue weighted by atomic mass is 10.1. The van der Waals surface area contributed by atoms with Crippen molar-refractivity contribution in [2.45, 2.75) is 83.6 Å². The number of aliphatic hydroxyl groups is 2. The summed E-state index contributed by atoms with van der Waals surface area (Å²) in [5, 5.41) is 24.4. The topological polar surface area (TPSA) is 158 Å². The van der Waals surface area contributed by atoms with Crippen LogP contribution in [0.4, 0.5) is 5.82 Å². The SMILES string of the molecule is CC(C)C(=O)OCC1OC(n2cnc3c(N[C@@H]4CCC(OC(=O)C(C)C)C4)ncnc32)[C@H](O)[C@@H]1O. The van der Waals surface area contributed by atoms with Gasteiger partial charge in [-0.05, 0) is 12.8 Å². The standard InChI is InChI=1S/C23H33N5O7/c1-11(2)22(31)33-8-15-17(29)18(30)21(35-15)28-10-26-16-19(24-9-25-20(16)28)27-13-5-6-14(7-13)34-23(32)12(3)4/h9-15,17-18,21,29-30H,5-8H2,1-4H3,(H,24,25,27)/t13-,14?,15?,17-,18-,21?/m1/s1. The van der Waals surface area contributed by atoms with Crippen molar-refractivity contribution >= 4 is 28.9 Å². The molecule has 1 aliphatic carbocycles. The van der Waals surface area contributed by atoms with Crippen molar-refractivity contribution in [3.63, 3.8) is 0 Å². The fourth-order valence-corrected chi connectivity index (χ4v) is 4.24. The van der Waals surface area contributed by atoms with Crippen molar-refractivity contribution in [2.24, 2.45) is 11.8 Å². The van der Waals surface area contributed by atoms with Gasteiger partial charge in [-0.3, -0.25) is 14.2 Å². The number of anilines is 1. The second-order valence-corrected chi connectivity index (χ2v) is 9.75. The zero-order valence-electron chi connectivity index (χ0n) is 20.3. The molecule has 35 heavy (non-hydrogen) atoms. The summed E-state index contributed by atoms with van der Waals surface area (Å²) in [7, 11) is 0. The molecule has 6 atom stereocenters. The summed E-state index contributed by atoms with van der Waals surface area (Å²) in [5.74, 6) is -0.574. The Bertz CT molecular complexity index is 1060. The highest BCUT2D eigenvalue weighted by atomic mass is 16.6. The molecule has 2 aromatic heterocycles. The lowest BCUT2D eigenvalue weighted by Crippen LogP contribution is -2.34. The molecule has 0 amide bonds. The van der Waals surface area contributed by atoms with Crippen LogP contribution in [0, 0.1) is 11.8 Å². The molecule has 2 aliphatic rings. The van der Waals surface area contributed by atoms with Crippen LogP contribution in [0.15, 0.2) is 12.7 Å². The van der Waals surface area contributed by atoms with E-state index in [0.717, 1.165) is 12.8 Å². The number of esters is 2. The van der Waals surface area contributed by atoms with Crippen molar-refractivity contribution in [2.75, 3.05) is 11.9 Å². The smallest absolute Gasteiger partial charge is 0.308 e. The Hall–Kier alpha value is -2.83. The maximum absolute atomic E-state index is 11.9. The molecule has 0 radical (unpaired) electrons. The van der Waals surface area contributed by atoms with Gasteiger partial charge in [0.2, 0.25) is 0 Å². The maximum Gasteiger partial charge on any atom is 0.308 e. The average Bonchev–Trinajstić information content (AvgIpc) is 3.51. The van der Waals surface area contributed by atoms with Crippen molar-refractivity contribution in [3.05, 3.63) is 12.7 Å². The van der Waals surface area contributed by atoms with E-state index in [1.54, 1.807) is 13.8 Å². The lowest BCUT2D eigenvalue weighted by molar-refractivity contribution is -0.154. The van der Waals surface area contributed by atoms with E-state index >= 15 is 0 Å². The molecule has 4 rings (SSSR count). The molecule has 192 valence electrons. The quantitative estimate of drug-likeness (QED) is 0.455. The van der Waals surface area contributed by atoms with Crippen molar-refractivity contribution in [1.29, 1.82) is 0 Å². The Morgan fingerprint density at radius 2 is 1.86 bits per heavy atom. The first-order chi connectivity index (χ1) is 16.7. The molecule has 0 bridgehead atoms. The summed E-state index contributed by atoms with van der Waals surface area (Å²) in [6.07, 6.45) is 0.583. The molecule has 3 heterocycles. The second-order valence-electron chi connectivity index (χ2n) is 9.75. The number of carbonyl (C=O) groups excluding carboxylic acids is 2. The fraction of sp³-hybridized carbons (Fsp3) is 0.696. The summed E-state index contributed by atoms with van der Waals surface area (Å²) < 4.78 is 18.1. The van der Waals surface area contributed by atoms with E-state index < -0.39 is 30.5 Å². The number of aromatic nitrogens is 4. The van der Waals surface area contributed by atoms with Gasteiger partial charge in [-0.1, -0.05) is 27.7 Å². The summed E-state index contributed by atoms with van der Waals surface area (Å²) >= 11 is 0. The van der Waals surface area contributed by atoms with E-state index in [9.17, 15) is 19.8 Å². The molecule has 12 heteroatoms. The number of fused-ring (bicyclic) bond motifs is 1. The van der Waals surface area contributed by atoms with Gasteiger partial charge in [-0.15, -0.1) is 0 Å². The normalized spacial score (nSPS) is 28.7. The van der Waals surface area contributed by atoms with Crippen LogP contribution in [0.2, 0.25) is 0 Å². The number of aliphatic hydroxyl groups excluding tert-OH is 2. The number of hydrogen-bond donors (Lipinski definition) is 3. The Labute approximate surface area is 203 Å². The number of nitrogens with one attached hydrogen (secondary N) is 1. The van der Waals surface area contributed by atoms with Crippen LogP contribution in [0.3, 0.4) is 0 Å². The number of nitrogens with zero attached hydrogens (tertiary/aromatic N) is 4. The van der Waals surface area contributed by atoms with Crippen LogP contribution in [0.25, 0.3) is 11.2 Å². The number of rotatable bonds is 8. The summed E-state index contributed by atoms with van der Waals surface area (Å²) in [5.41, 5.74) is 0.898. The lowest BCUT2D eigenvalue weighted by Gasteiger charge is -2.17. The summed E-state index contributed by atoms with van der Waals surface area (Å²) in [6.45, 7) is 6.86. The third kappa shape index (κ3) is 5.39. The molecule has 2 fully saturated rings.